The summed E-state index contributed by atoms with van der Waals surface area (Å²) in [4.78, 5) is 92.5. The summed E-state index contributed by atoms with van der Waals surface area (Å²) in [6.07, 6.45) is 5.97. The largest absolute Gasteiger partial charge is 0.464 e. The van der Waals surface area contributed by atoms with Crippen molar-refractivity contribution in [2.75, 3.05) is 98.9 Å². The zero-order chi connectivity index (χ0) is 51.6. The van der Waals surface area contributed by atoms with E-state index in [1.54, 1.807) is 0 Å². The van der Waals surface area contributed by atoms with Crippen molar-refractivity contribution in [3.63, 3.8) is 0 Å². The van der Waals surface area contributed by atoms with Gasteiger partial charge in [-0.15, -0.1) is 46.4 Å². The summed E-state index contributed by atoms with van der Waals surface area (Å²) in [7, 11) is 3.90. The van der Waals surface area contributed by atoms with Gasteiger partial charge < -0.3 is 39.0 Å². The fraction of sp³-hybridized carbons (Fsp3) is 0.600. The number of likely N-dealkylation sites (tertiary alicyclic amines) is 2. The molecule has 2 unspecified atom stereocenters. The van der Waals surface area contributed by atoms with E-state index in [2.05, 4.69) is 32.6 Å². The number of aromatic nitrogens is 4. The van der Waals surface area contributed by atoms with E-state index in [1.165, 1.54) is 0 Å². The van der Waals surface area contributed by atoms with Gasteiger partial charge in [0, 0.05) is 101 Å². The van der Waals surface area contributed by atoms with Crippen LogP contribution in [-0.4, -0.2) is 166 Å². The first-order valence-electron chi connectivity index (χ1n) is 25.0. The molecule has 4 aromatic rings. The van der Waals surface area contributed by atoms with Crippen LogP contribution in [-0.2, 0) is 65.2 Å². The van der Waals surface area contributed by atoms with Crippen LogP contribution in [0.2, 0.25) is 0 Å². The molecule has 0 bridgehead atoms. The number of benzene rings is 2. The summed E-state index contributed by atoms with van der Waals surface area (Å²) >= 11 is 24.0. The van der Waals surface area contributed by atoms with Gasteiger partial charge in [0.2, 0.25) is 23.6 Å². The van der Waals surface area contributed by atoms with Crippen LogP contribution in [0.5, 0.6) is 0 Å². The van der Waals surface area contributed by atoms with E-state index in [4.69, 9.17) is 65.8 Å². The van der Waals surface area contributed by atoms with Crippen LogP contribution < -0.4 is 20.4 Å². The summed E-state index contributed by atoms with van der Waals surface area (Å²) < 4.78 is 14.8. The number of fused-ring (bicyclic) bond motifs is 2. The number of hydrogen-bond acceptors (Lipinski definition) is 14. The van der Waals surface area contributed by atoms with Gasteiger partial charge in [0.05, 0.1) is 60.1 Å². The number of amides is 4. The highest BCUT2D eigenvalue weighted by Crippen LogP contribution is 2.26. The number of hydrogen-bond donors (Lipinski definition) is 2. The van der Waals surface area contributed by atoms with Gasteiger partial charge in [-0.3, -0.25) is 38.6 Å². The van der Waals surface area contributed by atoms with Crippen LogP contribution >= 0.6 is 46.4 Å². The topological polar surface area (TPSA) is 194 Å². The molecule has 0 saturated carbocycles. The van der Waals surface area contributed by atoms with Gasteiger partial charge in [0.1, 0.15) is 24.9 Å². The number of halogens is 4. The SMILES string of the molecule is Cn1c(CCCC(=O)OCCN2C(=O)CC(NCCCCCCNC3CC(=O)N(CCOC(=O)CCCc4nc5ccc(N(CCCl)CCCl)cc5n4C)C3=O)C2=O)nc2ccc(N(CCCl)CCCl)cc21. The summed E-state index contributed by atoms with van der Waals surface area (Å²) in [6, 6.07) is 10.9. The molecule has 22 heteroatoms. The average molecular weight is 1080 g/mol. The Kier molecular flexibility index (Phi) is 22.5. The van der Waals surface area contributed by atoms with Crippen LogP contribution in [0.15, 0.2) is 36.4 Å². The summed E-state index contributed by atoms with van der Waals surface area (Å²) in [5.74, 6) is 1.61. The minimum atomic E-state index is -0.616. The normalized spacial score (nSPS) is 16.0. The molecule has 4 amide bonds. The van der Waals surface area contributed by atoms with E-state index < -0.39 is 24.0 Å². The molecule has 0 radical (unpaired) electrons. The van der Waals surface area contributed by atoms with Gasteiger partial charge in [-0.05, 0) is 75.2 Å². The maximum absolute atomic E-state index is 13.0. The molecule has 2 aromatic heterocycles. The highest BCUT2D eigenvalue weighted by molar-refractivity contribution is 6.19. The lowest BCUT2D eigenvalue weighted by atomic mass is 10.1. The van der Waals surface area contributed by atoms with E-state index in [1.807, 2.05) is 47.5 Å². The molecule has 2 fully saturated rings. The van der Waals surface area contributed by atoms with Gasteiger partial charge >= 0.3 is 11.9 Å². The predicted octanol–water partition coefficient (Wildman–Crippen LogP) is 5.45. The Morgan fingerprint density at radius 2 is 0.986 bits per heavy atom. The van der Waals surface area contributed by atoms with E-state index in [-0.39, 0.29) is 75.6 Å². The maximum atomic E-state index is 13.0. The molecular weight excluding hydrogens is 1010 g/mol. The monoisotopic (exact) mass is 1080 g/mol. The number of aryl methyl sites for hydroxylation is 4. The lowest BCUT2D eigenvalue weighted by molar-refractivity contribution is -0.148. The maximum Gasteiger partial charge on any atom is 0.305 e. The number of carbonyl (C=O) groups excluding carboxylic acids is 6. The van der Waals surface area contributed by atoms with Crippen molar-refractivity contribution < 1.29 is 38.2 Å². The van der Waals surface area contributed by atoms with Crippen LogP contribution in [0.1, 0.15) is 75.9 Å². The number of esters is 2. The minimum Gasteiger partial charge on any atom is -0.464 e. The third-order valence-corrected chi connectivity index (χ3v) is 13.8. The molecule has 18 nitrogen and oxygen atoms in total. The van der Waals surface area contributed by atoms with Crippen molar-refractivity contribution in [2.24, 2.45) is 14.1 Å². The Bertz CT molecular complexity index is 2310. The quantitative estimate of drug-likeness (QED) is 0.0265. The predicted molar refractivity (Wildman–Crippen MR) is 281 cm³/mol. The number of nitrogens with one attached hydrogen (secondary N) is 2. The number of ether oxygens (including phenoxy) is 2. The van der Waals surface area contributed by atoms with Gasteiger partial charge in [-0.25, -0.2) is 9.97 Å². The zero-order valence-electron chi connectivity index (χ0n) is 41.4. The number of rotatable bonds is 33. The lowest BCUT2D eigenvalue weighted by Crippen LogP contribution is -2.40. The Morgan fingerprint density at radius 3 is 1.36 bits per heavy atom. The lowest BCUT2D eigenvalue weighted by Gasteiger charge is -2.22. The first kappa shape index (κ1) is 56.6. The third-order valence-electron chi connectivity index (χ3n) is 13.2. The van der Waals surface area contributed by atoms with Crippen molar-refractivity contribution in [1.29, 1.82) is 0 Å². The Labute approximate surface area is 441 Å². The average Bonchev–Trinajstić information content (AvgIpc) is 4.04. The number of nitrogens with zero attached hydrogens (tertiary/aromatic N) is 8. The molecule has 2 saturated heterocycles. The highest BCUT2D eigenvalue weighted by Gasteiger charge is 2.39. The molecular formula is C50H68Cl4N10O8. The number of anilines is 2. The van der Waals surface area contributed by atoms with E-state index >= 15 is 0 Å². The zero-order valence-corrected chi connectivity index (χ0v) is 44.4. The molecule has 394 valence electrons. The van der Waals surface area contributed by atoms with Crippen LogP contribution in [0.25, 0.3) is 22.1 Å². The third kappa shape index (κ3) is 15.4. The van der Waals surface area contributed by atoms with Gasteiger partial charge in [-0.1, -0.05) is 12.8 Å². The molecule has 0 spiro atoms. The fourth-order valence-corrected chi connectivity index (χ4v) is 10.00. The number of carbonyl (C=O) groups is 6. The van der Waals surface area contributed by atoms with E-state index in [9.17, 15) is 28.8 Å². The van der Waals surface area contributed by atoms with Crippen LogP contribution in [0.4, 0.5) is 11.4 Å². The van der Waals surface area contributed by atoms with E-state index in [0.29, 0.717) is 88.5 Å². The Morgan fingerprint density at radius 1 is 0.597 bits per heavy atom. The second kappa shape index (κ2) is 28.7. The standard InChI is InChI=1S/C50H68Cl4N10O8/c1-59-41-31-35(61(23-17-51)24-18-52)13-15-37(41)57-43(59)9-7-11-47(67)71-29-27-63-45(65)33-39(49(63)69)55-21-5-3-4-6-22-56-40-34-46(66)64(50(40)70)28-30-72-48(68)12-8-10-44-58-38-16-14-36(32-42(38)60(44)2)62(25-19-53)26-20-54/h13-16,31-32,39-40,55-56H,3-12,17-30,33-34H2,1-2H3. The molecule has 2 aliphatic rings. The molecule has 0 aliphatic carbocycles. The molecule has 72 heavy (non-hydrogen) atoms. The second-order valence-electron chi connectivity index (χ2n) is 18.0. The first-order chi connectivity index (χ1) is 34.9. The molecule has 2 aliphatic heterocycles. The van der Waals surface area contributed by atoms with Crippen molar-refractivity contribution in [3.8, 4) is 0 Å². The summed E-state index contributed by atoms with van der Waals surface area (Å²) in [5.41, 5.74) is 5.72. The van der Waals surface area contributed by atoms with Crippen molar-refractivity contribution in [3.05, 3.63) is 48.0 Å². The number of imidazole rings is 2. The molecule has 4 heterocycles. The van der Waals surface area contributed by atoms with Crippen LogP contribution in [0.3, 0.4) is 0 Å². The minimum absolute atomic E-state index is 0.00669. The second-order valence-corrected chi connectivity index (χ2v) is 19.5. The van der Waals surface area contributed by atoms with Gasteiger partial charge in [-0.2, -0.15) is 0 Å². The van der Waals surface area contributed by atoms with Crippen molar-refractivity contribution in [2.45, 2.75) is 89.1 Å². The highest BCUT2D eigenvalue weighted by atomic mass is 35.5. The van der Waals surface area contributed by atoms with Gasteiger partial charge in [0.15, 0.2) is 0 Å². The summed E-state index contributed by atoms with van der Waals surface area (Å²) in [5, 5.41) is 6.38. The molecule has 2 aromatic carbocycles. The Hall–Kier alpha value is -4.72. The molecule has 6 rings (SSSR count). The Balaban J connectivity index is 0.781. The molecule has 2 atom stereocenters. The van der Waals surface area contributed by atoms with E-state index in [0.717, 1.165) is 80.6 Å². The molecule has 2 N–H and O–H groups in total. The number of unbranched alkanes of at least 4 members (excludes halogenated alkanes) is 3. The fourth-order valence-electron chi connectivity index (χ4n) is 9.18. The smallest absolute Gasteiger partial charge is 0.305 e. The number of imide groups is 2. The number of alkyl halides is 4. The summed E-state index contributed by atoms with van der Waals surface area (Å²) in [6.45, 7) is 3.71. The van der Waals surface area contributed by atoms with Gasteiger partial charge in [0.25, 0.3) is 0 Å². The van der Waals surface area contributed by atoms with Crippen LogP contribution in [0, 0.1) is 0 Å². The van der Waals surface area contributed by atoms with Crippen molar-refractivity contribution in [1.82, 2.24) is 39.5 Å². The first-order valence-corrected chi connectivity index (χ1v) is 27.1. The van der Waals surface area contributed by atoms with Crippen molar-refractivity contribution >= 4 is 115 Å².